The van der Waals surface area contributed by atoms with Gasteiger partial charge in [0.15, 0.2) is 5.69 Å². The Morgan fingerprint density at radius 3 is 3.21 bits per heavy atom. The van der Waals surface area contributed by atoms with Crippen LogP contribution in [0.4, 0.5) is 0 Å². The van der Waals surface area contributed by atoms with Crippen molar-refractivity contribution in [3.8, 4) is 6.07 Å². The van der Waals surface area contributed by atoms with Crippen LogP contribution in [0.25, 0.3) is 5.52 Å². The summed E-state index contributed by atoms with van der Waals surface area (Å²) in [6.07, 6.45) is 2.82. The number of fused-ring (bicyclic) bond motifs is 1. The number of aromatic nitrogens is 2. The molecular weight excluding hydrogens is 238 g/mol. The van der Waals surface area contributed by atoms with Gasteiger partial charge in [0.05, 0.1) is 5.52 Å². The molecule has 0 amide bonds. The molecule has 0 radical (unpaired) electrons. The molecule has 98 valence electrons. The number of nitrogens with zero attached hydrogens (tertiary/aromatic N) is 4. The van der Waals surface area contributed by atoms with Crippen LogP contribution in [0.5, 0.6) is 0 Å². The monoisotopic (exact) mass is 255 g/mol. The Kier molecular flexibility index (Phi) is 3.20. The third-order valence-electron chi connectivity index (χ3n) is 3.61. The number of rotatable bonds is 2. The molecule has 1 N–H and O–H groups in total. The Hall–Kier alpha value is -1.90. The van der Waals surface area contributed by atoms with Gasteiger partial charge in [-0.15, -0.1) is 0 Å². The first kappa shape index (κ1) is 12.2. The van der Waals surface area contributed by atoms with E-state index in [1.54, 1.807) is 0 Å². The maximum atomic E-state index is 9.15. The molecule has 5 nitrogen and oxygen atoms in total. The van der Waals surface area contributed by atoms with Gasteiger partial charge in [-0.05, 0) is 19.2 Å². The van der Waals surface area contributed by atoms with E-state index in [1.807, 2.05) is 28.8 Å². The molecule has 19 heavy (non-hydrogen) atoms. The van der Waals surface area contributed by atoms with Crippen molar-refractivity contribution in [1.29, 1.82) is 5.26 Å². The molecule has 1 fully saturated rings. The van der Waals surface area contributed by atoms with E-state index in [9.17, 15) is 0 Å². The van der Waals surface area contributed by atoms with Crippen LogP contribution < -0.4 is 5.32 Å². The lowest BCUT2D eigenvalue weighted by Crippen LogP contribution is -2.50. The molecule has 1 saturated heterocycles. The molecule has 0 aromatic carbocycles. The summed E-state index contributed by atoms with van der Waals surface area (Å²) in [5, 5.41) is 12.7. The van der Waals surface area contributed by atoms with E-state index >= 15 is 0 Å². The summed E-state index contributed by atoms with van der Waals surface area (Å²) in [7, 11) is 2.14. The first-order chi connectivity index (χ1) is 9.28. The minimum atomic E-state index is 0.399. The van der Waals surface area contributed by atoms with Gasteiger partial charge in [0, 0.05) is 38.3 Å². The van der Waals surface area contributed by atoms with Crippen molar-refractivity contribution in [2.75, 3.05) is 26.7 Å². The first-order valence-electron chi connectivity index (χ1n) is 6.56. The average molecular weight is 255 g/mol. The van der Waals surface area contributed by atoms with E-state index in [2.05, 4.69) is 28.3 Å². The highest BCUT2D eigenvalue weighted by Crippen LogP contribution is 2.14. The Labute approximate surface area is 112 Å². The van der Waals surface area contributed by atoms with Crippen LogP contribution in [0.15, 0.2) is 24.4 Å². The van der Waals surface area contributed by atoms with Gasteiger partial charge in [-0.2, -0.15) is 5.26 Å². The standard InChI is InChI=1S/C14H17N5/c1-18-7-5-16-11(10-18)8-14-17-12(9-15)13-4-2-3-6-19(13)14/h2-4,6,11,16H,5,7-8,10H2,1H3. The quantitative estimate of drug-likeness (QED) is 0.856. The molecule has 1 aliphatic rings. The lowest BCUT2D eigenvalue weighted by atomic mass is 10.1. The van der Waals surface area contributed by atoms with Crippen molar-refractivity contribution in [3.63, 3.8) is 0 Å². The minimum absolute atomic E-state index is 0.399. The SMILES string of the molecule is CN1CCNC(Cc2nc(C#N)c3ccccn23)C1. The topological polar surface area (TPSA) is 56.4 Å². The number of hydrogen-bond acceptors (Lipinski definition) is 4. The molecule has 0 saturated carbocycles. The summed E-state index contributed by atoms with van der Waals surface area (Å²) in [6, 6.07) is 8.42. The maximum absolute atomic E-state index is 9.15. The number of nitrogens with one attached hydrogen (secondary N) is 1. The van der Waals surface area contributed by atoms with Gasteiger partial charge < -0.3 is 14.6 Å². The number of hydrogen-bond donors (Lipinski definition) is 1. The second-order valence-electron chi connectivity index (χ2n) is 5.06. The molecule has 0 spiro atoms. The Balaban J connectivity index is 1.91. The van der Waals surface area contributed by atoms with Crippen molar-refractivity contribution in [1.82, 2.24) is 19.6 Å². The van der Waals surface area contributed by atoms with Crippen LogP contribution in [0.1, 0.15) is 11.5 Å². The summed E-state index contributed by atoms with van der Waals surface area (Å²) in [6.45, 7) is 3.11. The summed E-state index contributed by atoms with van der Waals surface area (Å²) in [4.78, 5) is 6.79. The molecule has 1 atom stereocenters. The number of piperazine rings is 1. The summed E-state index contributed by atoms with van der Waals surface area (Å²) < 4.78 is 2.02. The smallest absolute Gasteiger partial charge is 0.166 e. The molecule has 2 aromatic heterocycles. The average Bonchev–Trinajstić information content (AvgIpc) is 2.77. The zero-order valence-corrected chi connectivity index (χ0v) is 11.0. The molecule has 1 unspecified atom stereocenters. The van der Waals surface area contributed by atoms with Crippen LogP contribution in [0, 0.1) is 11.3 Å². The molecule has 3 heterocycles. The molecule has 0 bridgehead atoms. The highest BCUT2D eigenvalue weighted by Gasteiger charge is 2.19. The highest BCUT2D eigenvalue weighted by atomic mass is 15.2. The molecule has 1 aliphatic heterocycles. The van der Waals surface area contributed by atoms with Gasteiger partial charge in [-0.3, -0.25) is 0 Å². The van der Waals surface area contributed by atoms with E-state index in [-0.39, 0.29) is 0 Å². The van der Waals surface area contributed by atoms with E-state index in [1.165, 1.54) is 0 Å². The van der Waals surface area contributed by atoms with Crippen LogP contribution in [-0.4, -0.2) is 47.0 Å². The lowest BCUT2D eigenvalue weighted by Gasteiger charge is -2.30. The van der Waals surface area contributed by atoms with Gasteiger partial charge in [0.1, 0.15) is 11.9 Å². The second-order valence-corrected chi connectivity index (χ2v) is 5.06. The van der Waals surface area contributed by atoms with Crippen LogP contribution >= 0.6 is 0 Å². The van der Waals surface area contributed by atoms with Gasteiger partial charge in [0.2, 0.25) is 0 Å². The number of nitriles is 1. The minimum Gasteiger partial charge on any atom is -0.311 e. The fourth-order valence-electron chi connectivity index (χ4n) is 2.68. The molecular formula is C14H17N5. The Bertz CT molecular complexity index is 624. The van der Waals surface area contributed by atoms with Crippen LogP contribution in [-0.2, 0) is 6.42 Å². The maximum Gasteiger partial charge on any atom is 0.166 e. The molecule has 0 aliphatic carbocycles. The van der Waals surface area contributed by atoms with Crippen LogP contribution in [0.3, 0.4) is 0 Å². The number of imidazole rings is 1. The van der Waals surface area contributed by atoms with Gasteiger partial charge in [-0.1, -0.05) is 6.07 Å². The third kappa shape index (κ3) is 2.33. The third-order valence-corrected chi connectivity index (χ3v) is 3.61. The summed E-state index contributed by atoms with van der Waals surface area (Å²) in [5.41, 5.74) is 1.41. The highest BCUT2D eigenvalue weighted by molar-refractivity contribution is 5.58. The fourth-order valence-corrected chi connectivity index (χ4v) is 2.68. The Morgan fingerprint density at radius 2 is 2.42 bits per heavy atom. The summed E-state index contributed by atoms with van der Waals surface area (Å²) in [5.74, 6) is 0.958. The zero-order chi connectivity index (χ0) is 13.2. The second kappa shape index (κ2) is 5.00. The van der Waals surface area contributed by atoms with E-state index in [4.69, 9.17) is 5.26 Å². The first-order valence-corrected chi connectivity index (χ1v) is 6.56. The largest absolute Gasteiger partial charge is 0.311 e. The zero-order valence-electron chi connectivity index (χ0n) is 11.0. The van der Waals surface area contributed by atoms with Gasteiger partial charge in [0.25, 0.3) is 0 Å². The van der Waals surface area contributed by atoms with Crippen LogP contribution in [0.2, 0.25) is 0 Å². The molecule has 5 heteroatoms. The number of likely N-dealkylation sites (N-methyl/N-ethyl adjacent to an activating group) is 1. The Morgan fingerprint density at radius 1 is 1.53 bits per heavy atom. The van der Waals surface area contributed by atoms with Crippen molar-refractivity contribution in [2.45, 2.75) is 12.5 Å². The van der Waals surface area contributed by atoms with Crippen molar-refractivity contribution in [3.05, 3.63) is 35.9 Å². The normalized spacial score (nSPS) is 20.5. The molecule has 3 rings (SSSR count). The van der Waals surface area contributed by atoms with Gasteiger partial charge >= 0.3 is 0 Å². The lowest BCUT2D eigenvalue weighted by molar-refractivity contribution is 0.236. The van der Waals surface area contributed by atoms with E-state index < -0.39 is 0 Å². The van der Waals surface area contributed by atoms with Crippen molar-refractivity contribution in [2.24, 2.45) is 0 Å². The van der Waals surface area contributed by atoms with Crippen molar-refractivity contribution >= 4 is 5.52 Å². The summed E-state index contributed by atoms with van der Waals surface area (Å²) >= 11 is 0. The predicted octanol–water partition coefficient (Wildman–Crippen LogP) is 0.652. The van der Waals surface area contributed by atoms with E-state index in [0.29, 0.717) is 11.7 Å². The van der Waals surface area contributed by atoms with Crippen molar-refractivity contribution < 1.29 is 0 Å². The number of pyridine rings is 1. The van der Waals surface area contributed by atoms with Gasteiger partial charge in [-0.25, -0.2) is 4.98 Å². The van der Waals surface area contributed by atoms with E-state index in [0.717, 1.165) is 37.4 Å². The molecule has 2 aromatic rings. The fraction of sp³-hybridized carbons (Fsp3) is 0.429. The predicted molar refractivity (Wildman–Crippen MR) is 72.9 cm³/mol.